The number of rotatable bonds is 7. The van der Waals surface area contributed by atoms with Crippen LogP contribution in [0.25, 0.3) is 10.3 Å². The van der Waals surface area contributed by atoms with Crippen LogP contribution < -0.4 is 20.5 Å². The number of thiazole rings is 1. The molecule has 4 aromatic rings. The molecule has 0 aliphatic rings. The first-order chi connectivity index (χ1) is 15.4. The first-order valence-corrected chi connectivity index (χ1v) is 10.9. The van der Waals surface area contributed by atoms with Gasteiger partial charge < -0.3 is 15.0 Å². The van der Waals surface area contributed by atoms with Crippen LogP contribution in [-0.2, 0) is 17.9 Å². The van der Waals surface area contributed by atoms with Gasteiger partial charge in [-0.1, -0.05) is 53.3 Å². The van der Waals surface area contributed by atoms with Gasteiger partial charge in [0.05, 0.1) is 12.8 Å². The van der Waals surface area contributed by atoms with Gasteiger partial charge in [-0.25, -0.2) is 4.98 Å². The molecule has 0 spiro atoms. The second-order valence-corrected chi connectivity index (χ2v) is 8.48. The Kier molecular flexibility index (Phi) is 6.38. The highest BCUT2D eigenvalue weighted by atomic mass is 35.5. The number of nitrogens with zero attached hydrogens (tertiary/aromatic N) is 4. The number of halogens is 1. The van der Waals surface area contributed by atoms with E-state index in [0.717, 1.165) is 5.56 Å². The van der Waals surface area contributed by atoms with E-state index in [1.165, 1.54) is 29.3 Å². The Morgan fingerprint density at radius 2 is 2.03 bits per heavy atom. The van der Waals surface area contributed by atoms with Crippen molar-refractivity contribution in [2.24, 2.45) is 0 Å². The lowest BCUT2D eigenvalue weighted by Gasteiger charge is -2.15. The summed E-state index contributed by atoms with van der Waals surface area (Å²) in [5, 5.41) is 3.86. The molecule has 0 unspecified atom stereocenters. The standard InChI is InChI=1S/C22H20ClN5O3S/c1-27(11-14-6-4-3-5-7-14)22-26-20-19(32-22)21(30)28(13-24-20)12-18(29)25-16-10-15(23)8-9-17(16)31-2/h3-10,13H,11-12H2,1-2H3,(H,25,29). The Balaban J connectivity index is 1.53. The van der Waals surface area contributed by atoms with Crippen molar-refractivity contribution >= 4 is 50.0 Å². The van der Waals surface area contributed by atoms with Gasteiger partial charge in [-0.3, -0.25) is 14.2 Å². The van der Waals surface area contributed by atoms with Gasteiger partial charge in [0.1, 0.15) is 23.3 Å². The lowest BCUT2D eigenvalue weighted by Crippen LogP contribution is -2.27. The molecule has 8 nitrogen and oxygen atoms in total. The number of hydrogen-bond donors (Lipinski definition) is 1. The van der Waals surface area contributed by atoms with E-state index < -0.39 is 5.91 Å². The molecule has 2 aromatic carbocycles. The van der Waals surface area contributed by atoms with Gasteiger partial charge in [0.15, 0.2) is 10.8 Å². The second kappa shape index (κ2) is 9.37. The number of nitrogens with one attached hydrogen (secondary N) is 1. The van der Waals surface area contributed by atoms with Gasteiger partial charge in [0.25, 0.3) is 5.56 Å². The summed E-state index contributed by atoms with van der Waals surface area (Å²) in [5.74, 6) is 0.0666. The van der Waals surface area contributed by atoms with Crippen LogP contribution in [0.3, 0.4) is 0 Å². The summed E-state index contributed by atoms with van der Waals surface area (Å²) in [6.07, 6.45) is 1.33. The van der Waals surface area contributed by atoms with Crippen LogP contribution in [0.2, 0.25) is 5.02 Å². The Labute approximate surface area is 193 Å². The molecular formula is C22H20ClN5O3S. The highest BCUT2D eigenvalue weighted by Gasteiger charge is 2.16. The van der Waals surface area contributed by atoms with E-state index in [4.69, 9.17) is 16.3 Å². The van der Waals surface area contributed by atoms with Crippen molar-refractivity contribution in [1.29, 1.82) is 0 Å². The lowest BCUT2D eigenvalue weighted by molar-refractivity contribution is -0.116. The molecule has 0 atom stereocenters. The summed E-state index contributed by atoms with van der Waals surface area (Å²) in [6.45, 7) is 0.448. The van der Waals surface area contributed by atoms with Gasteiger partial charge in [-0.15, -0.1) is 0 Å². The van der Waals surface area contributed by atoms with Crippen molar-refractivity contribution in [2.75, 3.05) is 24.4 Å². The van der Waals surface area contributed by atoms with Crippen LogP contribution in [0.1, 0.15) is 5.56 Å². The molecule has 0 aliphatic carbocycles. The molecule has 4 rings (SSSR count). The predicted molar refractivity (Wildman–Crippen MR) is 127 cm³/mol. The van der Waals surface area contributed by atoms with Crippen LogP contribution in [0.4, 0.5) is 10.8 Å². The van der Waals surface area contributed by atoms with Gasteiger partial charge in [-0.2, -0.15) is 4.98 Å². The molecule has 0 saturated carbocycles. The van der Waals surface area contributed by atoms with Crippen LogP contribution >= 0.6 is 22.9 Å². The van der Waals surface area contributed by atoms with E-state index in [9.17, 15) is 9.59 Å². The van der Waals surface area contributed by atoms with Crippen molar-refractivity contribution in [1.82, 2.24) is 14.5 Å². The molecule has 1 amide bonds. The fourth-order valence-electron chi connectivity index (χ4n) is 3.16. The van der Waals surface area contributed by atoms with Gasteiger partial charge in [-0.05, 0) is 23.8 Å². The highest BCUT2D eigenvalue weighted by Crippen LogP contribution is 2.28. The van der Waals surface area contributed by atoms with Crippen LogP contribution in [0.15, 0.2) is 59.7 Å². The topological polar surface area (TPSA) is 89.3 Å². The number of carbonyl (C=O) groups excluding carboxylic acids is 1. The van der Waals surface area contributed by atoms with E-state index in [-0.39, 0.29) is 12.1 Å². The zero-order valence-corrected chi connectivity index (χ0v) is 19.0. The number of anilines is 2. The Morgan fingerprint density at radius 1 is 1.25 bits per heavy atom. The quantitative estimate of drug-likeness (QED) is 0.443. The molecule has 0 bridgehead atoms. The second-order valence-electron chi connectivity index (χ2n) is 7.06. The predicted octanol–water partition coefficient (Wildman–Crippen LogP) is 3.79. The number of fused-ring (bicyclic) bond motifs is 1. The van der Waals surface area contributed by atoms with E-state index >= 15 is 0 Å². The molecule has 164 valence electrons. The van der Waals surface area contributed by atoms with E-state index in [0.29, 0.717) is 38.5 Å². The normalized spacial score (nSPS) is 10.8. The summed E-state index contributed by atoms with van der Waals surface area (Å²) in [6, 6.07) is 14.9. The monoisotopic (exact) mass is 469 g/mol. The minimum Gasteiger partial charge on any atom is -0.495 e. The fourth-order valence-corrected chi connectivity index (χ4v) is 4.26. The number of hydrogen-bond acceptors (Lipinski definition) is 7. The van der Waals surface area contributed by atoms with Crippen molar-refractivity contribution in [3.05, 3.63) is 75.8 Å². The smallest absolute Gasteiger partial charge is 0.273 e. The average molecular weight is 470 g/mol. The largest absolute Gasteiger partial charge is 0.495 e. The third kappa shape index (κ3) is 4.74. The van der Waals surface area contributed by atoms with Gasteiger partial charge >= 0.3 is 0 Å². The van der Waals surface area contributed by atoms with Crippen molar-refractivity contribution in [3.8, 4) is 5.75 Å². The van der Waals surface area contributed by atoms with E-state index in [1.807, 2.05) is 42.3 Å². The molecular weight excluding hydrogens is 450 g/mol. The molecule has 2 aromatic heterocycles. The minimum absolute atomic E-state index is 0.204. The number of amides is 1. The maximum Gasteiger partial charge on any atom is 0.273 e. The summed E-state index contributed by atoms with van der Waals surface area (Å²) in [5.41, 5.74) is 1.60. The SMILES string of the molecule is COc1ccc(Cl)cc1NC(=O)Cn1cnc2nc(N(C)Cc3ccccc3)sc2c1=O. The summed E-state index contributed by atoms with van der Waals surface area (Å²) in [7, 11) is 3.41. The van der Waals surface area contributed by atoms with Crippen molar-refractivity contribution in [2.45, 2.75) is 13.1 Å². The number of methoxy groups -OCH3 is 1. The zero-order chi connectivity index (χ0) is 22.7. The summed E-state index contributed by atoms with van der Waals surface area (Å²) in [4.78, 5) is 36.2. The fraction of sp³-hybridized carbons (Fsp3) is 0.182. The molecule has 32 heavy (non-hydrogen) atoms. The van der Waals surface area contributed by atoms with Crippen LogP contribution in [-0.4, -0.2) is 34.6 Å². The van der Waals surface area contributed by atoms with Crippen molar-refractivity contribution in [3.63, 3.8) is 0 Å². The maximum absolute atomic E-state index is 12.9. The third-order valence-electron chi connectivity index (χ3n) is 4.71. The molecule has 10 heteroatoms. The van der Waals surface area contributed by atoms with E-state index in [2.05, 4.69) is 15.3 Å². The summed E-state index contributed by atoms with van der Waals surface area (Å²) < 4.78 is 6.89. The number of carbonyl (C=O) groups is 1. The molecule has 0 radical (unpaired) electrons. The van der Waals surface area contributed by atoms with Crippen LogP contribution in [0, 0.1) is 0 Å². The highest BCUT2D eigenvalue weighted by molar-refractivity contribution is 7.22. The molecule has 0 aliphatic heterocycles. The number of ether oxygens (including phenoxy) is 1. The molecule has 0 saturated heterocycles. The third-order valence-corrected chi connectivity index (χ3v) is 6.09. The van der Waals surface area contributed by atoms with Gasteiger partial charge in [0.2, 0.25) is 5.91 Å². The summed E-state index contributed by atoms with van der Waals surface area (Å²) >= 11 is 7.26. The maximum atomic E-state index is 12.9. The minimum atomic E-state index is -0.403. The number of benzene rings is 2. The average Bonchev–Trinajstić information content (AvgIpc) is 3.22. The molecule has 1 N–H and O–H groups in total. The van der Waals surface area contributed by atoms with E-state index in [1.54, 1.807) is 18.2 Å². The van der Waals surface area contributed by atoms with Crippen molar-refractivity contribution < 1.29 is 9.53 Å². The zero-order valence-electron chi connectivity index (χ0n) is 17.4. The molecule has 0 fully saturated rings. The lowest BCUT2D eigenvalue weighted by atomic mass is 10.2. The Hall–Kier alpha value is -3.43. The number of aromatic nitrogens is 3. The van der Waals surface area contributed by atoms with Crippen LogP contribution in [0.5, 0.6) is 5.75 Å². The first-order valence-electron chi connectivity index (χ1n) is 9.69. The first kappa shape index (κ1) is 21.8. The molecule has 2 heterocycles. The van der Waals surface area contributed by atoms with Gasteiger partial charge in [0, 0.05) is 18.6 Å². The Bertz CT molecular complexity index is 1320. The Morgan fingerprint density at radius 3 is 2.78 bits per heavy atom.